The minimum atomic E-state index is -0.466. The molecule has 148 valence electrons. The third-order valence-corrected chi connectivity index (χ3v) is 5.52. The predicted molar refractivity (Wildman–Crippen MR) is 99.5 cm³/mol. The molecule has 8 heteroatoms. The van der Waals surface area contributed by atoms with E-state index in [1.165, 1.54) is 7.11 Å². The number of carbonyl (C=O) groups excluding carboxylic acids is 2. The van der Waals surface area contributed by atoms with Crippen LogP contribution in [0.2, 0.25) is 0 Å². The Morgan fingerprint density at radius 2 is 2.15 bits per heavy atom. The van der Waals surface area contributed by atoms with E-state index < -0.39 is 5.97 Å². The van der Waals surface area contributed by atoms with E-state index in [2.05, 4.69) is 14.9 Å². The summed E-state index contributed by atoms with van der Waals surface area (Å²) in [5.41, 5.74) is 1.01. The number of carbonyl (C=O) groups is 2. The quantitative estimate of drug-likeness (QED) is 0.771. The minimum absolute atomic E-state index is 0.0140. The Bertz CT molecular complexity index is 711. The monoisotopic (exact) mass is 376 g/mol. The van der Waals surface area contributed by atoms with Gasteiger partial charge in [0.2, 0.25) is 11.9 Å². The van der Waals surface area contributed by atoms with Crippen LogP contribution in [0.1, 0.15) is 48.3 Å². The van der Waals surface area contributed by atoms with Crippen LogP contribution in [0.3, 0.4) is 0 Å². The number of aliphatic hydroxyl groups is 1. The first-order valence-corrected chi connectivity index (χ1v) is 9.54. The van der Waals surface area contributed by atoms with Crippen molar-refractivity contribution in [2.24, 2.45) is 5.41 Å². The van der Waals surface area contributed by atoms with Gasteiger partial charge in [-0.1, -0.05) is 0 Å². The van der Waals surface area contributed by atoms with Crippen LogP contribution < -0.4 is 4.90 Å². The number of anilines is 1. The zero-order valence-electron chi connectivity index (χ0n) is 16.1. The number of likely N-dealkylation sites (tertiary alicyclic amines) is 1. The van der Waals surface area contributed by atoms with Crippen LogP contribution in [-0.4, -0.2) is 71.7 Å². The molecule has 0 aromatic carbocycles. The molecule has 0 unspecified atom stereocenters. The number of amides is 1. The molecule has 0 saturated carbocycles. The van der Waals surface area contributed by atoms with Gasteiger partial charge < -0.3 is 19.6 Å². The summed E-state index contributed by atoms with van der Waals surface area (Å²) in [6, 6.07) is 1.63. The molecule has 2 aliphatic rings. The molecular formula is C19H28N4O4. The molecular weight excluding hydrogens is 348 g/mol. The Balaban J connectivity index is 1.79. The lowest BCUT2D eigenvalue weighted by Crippen LogP contribution is -2.54. The maximum atomic E-state index is 12.2. The lowest BCUT2D eigenvalue weighted by Gasteiger charge is -2.48. The molecule has 1 N–H and O–H groups in total. The highest BCUT2D eigenvalue weighted by Crippen LogP contribution is 2.39. The van der Waals surface area contributed by atoms with E-state index in [0.29, 0.717) is 31.9 Å². The first-order valence-electron chi connectivity index (χ1n) is 9.54. The van der Waals surface area contributed by atoms with E-state index in [1.54, 1.807) is 6.07 Å². The van der Waals surface area contributed by atoms with E-state index in [0.717, 1.165) is 38.0 Å². The molecule has 27 heavy (non-hydrogen) atoms. The van der Waals surface area contributed by atoms with Gasteiger partial charge in [-0.3, -0.25) is 4.79 Å². The molecule has 2 aliphatic heterocycles. The van der Waals surface area contributed by atoms with E-state index in [9.17, 15) is 9.59 Å². The first kappa shape index (κ1) is 19.5. The Hall–Kier alpha value is -2.22. The van der Waals surface area contributed by atoms with Crippen molar-refractivity contribution in [2.75, 3.05) is 44.8 Å². The number of nitrogens with zero attached hydrogens (tertiary/aromatic N) is 4. The molecule has 0 aliphatic carbocycles. The average molecular weight is 376 g/mol. The highest BCUT2D eigenvalue weighted by Gasteiger charge is 2.42. The Morgan fingerprint density at radius 3 is 2.89 bits per heavy atom. The van der Waals surface area contributed by atoms with Gasteiger partial charge in [0.15, 0.2) is 5.69 Å². The van der Waals surface area contributed by atoms with E-state index in [1.807, 2.05) is 11.8 Å². The van der Waals surface area contributed by atoms with Crippen LogP contribution in [0.15, 0.2) is 6.07 Å². The van der Waals surface area contributed by atoms with Crippen molar-refractivity contribution in [3.63, 3.8) is 0 Å². The van der Waals surface area contributed by atoms with Crippen molar-refractivity contribution >= 4 is 17.8 Å². The minimum Gasteiger partial charge on any atom is -0.464 e. The van der Waals surface area contributed by atoms with E-state index in [4.69, 9.17) is 9.84 Å². The molecule has 1 aromatic heterocycles. The van der Waals surface area contributed by atoms with Gasteiger partial charge in [0.05, 0.1) is 7.11 Å². The Labute approximate surface area is 159 Å². The average Bonchev–Trinajstić information content (AvgIpc) is 2.68. The largest absolute Gasteiger partial charge is 0.464 e. The van der Waals surface area contributed by atoms with Gasteiger partial charge in [0.1, 0.15) is 0 Å². The van der Waals surface area contributed by atoms with E-state index >= 15 is 0 Å². The first-order chi connectivity index (χ1) is 13.0. The molecule has 0 bridgehead atoms. The maximum absolute atomic E-state index is 12.2. The number of ether oxygens (including phenoxy) is 1. The number of hydrogen-bond acceptors (Lipinski definition) is 7. The molecule has 1 atom stereocenters. The zero-order chi connectivity index (χ0) is 19.4. The second-order valence-electron chi connectivity index (χ2n) is 7.60. The highest BCUT2D eigenvalue weighted by atomic mass is 16.5. The summed E-state index contributed by atoms with van der Waals surface area (Å²) in [6.07, 6.45) is 4.05. The number of aliphatic hydroxyl groups excluding tert-OH is 1. The Kier molecular flexibility index (Phi) is 5.94. The van der Waals surface area contributed by atoms with Gasteiger partial charge in [-0.2, -0.15) is 0 Å². The van der Waals surface area contributed by atoms with Gasteiger partial charge >= 0.3 is 5.97 Å². The van der Waals surface area contributed by atoms with Gasteiger partial charge in [-0.05, 0) is 38.7 Å². The molecule has 2 saturated heterocycles. The van der Waals surface area contributed by atoms with Crippen molar-refractivity contribution in [1.82, 2.24) is 14.9 Å². The second-order valence-corrected chi connectivity index (χ2v) is 7.60. The van der Waals surface area contributed by atoms with Crippen molar-refractivity contribution in [3.05, 3.63) is 17.5 Å². The van der Waals surface area contributed by atoms with Crippen molar-refractivity contribution in [2.45, 2.75) is 39.0 Å². The van der Waals surface area contributed by atoms with Crippen molar-refractivity contribution < 1.29 is 19.4 Å². The third-order valence-electron chi connectivity index (χ3n) is 5.52. The molecule has 8 nitrogen and oxygen atoms in total. The van der Waals surface area contributed by atoms with Crippen LogP contribution in [-0.2, 0) is 9.53 Å². The number of piperidine rings is 2. The number of aryl methyl sites for hydroxylation is 1. The standard InChI is InChI=1S/C19H28N4O4/c1-14-11-15(17(26)27-2)21-18(20-14)23-8-3-6-19(13-23)7-5-16(25)22(12-19)9-4-10-24/h11,24H,3-10,12-13H2,1-2H3/t19-/m1/s1. The third kappa shape index (κ3) is 4.37. The summed E-state index contributed by atoms with van der Waals surface area (Å²) >= 11 is 0. The van der Waals surface area contributed by atoms with Crippen LogP contribution in [0.5, 0.6) is 0 Å². The molecule has 0 radical (unpaired) electrons. The van der Waals surface area contributed by atoms with Gasteiger partial charge in [0.25, 0.3) is 0 Å². The van der Waals surface area contributed by atoms with Crippen LogP contribution >= 0.6 is 0 Å². The van der Waals surface area contributed by atoms with Gasteiger partial charge in [-0.15, -0.1) is 0 Å². The topological polar surface area (TPSA) is 95.9 Å². The molecule has 2 fully saturated rings. The van der Waals surface area contributed by atoms with E-state index in [-0.39, 0.29) is 23.6 Å². The fourth-order valence-electron chi connectivity index (χ4n) is 4.18. The summed E-state index contributed by atoms with van der Waals surface area (Å²) in [5.74, 6) is 0.256. The second kappa shape index (κ2) is 8.21. The predicted octanol–water partition coefficient (Wildman–Crippen LogP) is 1.16. The fourth-order valence-corrected chi connectivity index (χ4v) is 4.18. The SMILES string of the molecule is COC(=O)c1cc(C)nc(N2CCC[C@]3(CCC(=O)N(CCCO)C3)C2)n1. The van der Waals surface area contributed by atoms with Crippen LogP contribution in [0, 0.1) is 12.3 Å². The molecule has 3 rings (SSSR count). The fraction of sp³-hybridized carbons (Fsp3) is 0.684. The number of methoxy groups -OCH3 is 1. The molecule has 1 spiro atoms. The smallest absolute Gasteiger partial charge is 0.356 e. The van der Waals surface area contributed by atoms with Crippen molar-refractivity contribution in [1.29, 1.82) is 0 Å². The molecule has 3 heterocycles. The summed E-state index contributed by atoms with van der Waals surface area (Å²) in [7, 11) is 1.34. The maximum Gasteiger partial charge on any atom is 0.356 e. The molecule has 1 aromatic rings. The summed E-state index contributed by atoms with van der Waals surface area (Å²) in [4.78, 5) is 37.1. The van der Waals surface area contributed by atoms with Crippen LogP contribution in [0.4, 0.5) is 5.95 Å². The highest BCUT2D eigenvalue weighted by molar-refractivity contribution is 5.87. The lowest BCUT2D eigenvalue weighted by atomic mass is 9.73. The number of esters is 1. The van der Waals surface area contributed by atoms with Crippen molar-refractivity contribution in [3.8, 4) is 0 Å². The van der Waals surface area contributed by atoms with Gasteiger partial charge in [-0.25, -0.2) is 14.8 Å². The van der Waals surface area contributed by atoms with Gasteiger partial charge in [0, 0.05) is 50.3 Å². The number of hydrogen-bond donors (Lipinski definition) is 1. The number of rotatable bonds is 5. The molecule has 1 amide bonds. The normalized spacial score (nSPS) is 23.0. The summed E-state index contributed by atoms with van der Waals surface area (Å²) < 4.78 is 4.79. The summed E-state index contributed by atoms with van der Waals surface area (Å²) in [6.45, 7) is 4.84. The zero-order valence-corrected chi connectivity index (χ0v) is 16.1. The number of aromatic nitrogens is 2. The Morgan fingerprint density at radius 1 is 1.33 bits per heavy atom. The van der Waals surface area contributed by atoms with Crippen LogP contribution in [0.25, 0.3) is 0 Å². The summed E-state index contributed by atoms with van der Waals surface area (Å²) in [5, 5.41) is 9.09. The lowest BCUT2D eigenvalue weighted by molar-refractivity contribution is -0.138.